The fraction of sp³-hybridized carbons (Fsp3) is 0.611. The largest absolute Gasteiger partial charge is 0.393 e. The molecule has 0 aromatic heterocycles. The Bertz CT molecular complexity index is 2710. The first-order valence-electron chi connectivity index (χ1n) is 31.6. The highest BCUT2D eigenvalue weighted by atomic mass is 35.5. The summed E-state index contributed by atoms with van der Waals surface area (Å²) in [5, 5.41) is 22.8. The van der Waals surface area contributed by atoms with Gasteiger partial charge in [-0.25, -0.2) is 0 Å². The molecule has 80 heavy (non-hydrogen) atoms. The third kappa shape index (κ3) is 15.6. The van der Waals surface area contributed by atoms with Gasteiger partial charge in [-0.2, -0.15) is 4.58 Å². The number of benzene rings is 2. The summed E-state index contributed by atoms with van der Waals surface area (Å²) in [5.41, 5.74) is 11.1. The zero-order valence-corrected chi connectivity index (χ0v) is 51.8. The summed E-state index contributed by atoms with van der Waals surface area (Å²) < 4.78 is 2.54. The molecule has 5 aliphatic rings. The van der Waals surface area contributed by atoms with Gasteiger partial charge in [0, 0.05) is 90.0 Å². The maximum Gasteiger partial charge on any atom is 0.209 e. The van der Waals surface area contributed by atoms with Gasteiger partial charge < -0.3 is 15.1 Å². The molecule has 2 aromatic carbocycles. The normalized spacial score (nSPS) is 24.1. The van der Waals surface area contributed by atoms with Crippen LogP contribution in [-0.4, -0.2) is 63.1 Å². The second kappa shape index (κ2) is 28.7. The van der Waals surface area contributed by atoms with Gasteiger partial charge in [-0.15, -0.1) is 0 Å². The second-order valence-corrected chi connectivity index (χ2v) is 27.0. The van der Waals surface area contributed by atoms with Crippen molar-refractivity contribution < 1.29 is 29.2 Å². The van der Waals surface area contributed by atoms with Gasteiger partial charge >= 0.3 is 0 Å². The van der Waals surface area contributed by atoms with Crippen molar-refractivity contribution in [3.05, 3.63) is 130 Å². The summed E-state index contributed by atoms with van der Waals surface area (Å²) in [6.07, 6.45) is 31.9. The molecule has 7 rings (SSSR count). The van der Waals surface area contributed by atoms with Crippen LogP contribution in [0.1, 0.15) is 222 Å². The van der Waals surface area contributed by atoms with E-state index < -0.39 is 12.2 Å². The predicted molar refractivity (Wildman–Crippen MR) is 334 cm³/mol. The molecule has 0 fully saturated rings. The zero-order chi connectivity index (χ0) is 57.8. The van der Waals surface area contributed by atoms with Gasteiger partial charge in [0.25, 0.3) is 0 Å². The number of aliphatic hydroxyl groups excluding tert-OH is 2. The molecule has 0 radical (unpaired) electrons. The molecule has 3 aliphatic carbocycles. The molecular formula is C72H102ClN2O5+. The minimum atomic E-state index is -0.873. The molecule has 2 aliphatic heterocycles. The van der Waals surface area contributed by atoms with E-state index in [1.807, 2.05) is 0 Å². The quantitative estimate of drug-likeness (QED) is 0.0597. The summed E-state index contributed by atoms with van der Waals surface area (Å²) in [6.45, 7) is 24.3. The number of anilines is 1. The van der Waals surface area contributed by atoms with Gasteiger partial charge in [0.2, 0.25) is 5.69 Å². The van der Waals surface area contributed by atoms with Crippen LogP contribution >= 0.6 is 11.6 Å². The summed E-state index contributed by atoms with van der Waals surface area (Å²) >= 11 is 7.34. The average molecular weight is 1110 g/mol. The van der Waals surface area contributed by atoms with Crippen molar-refractivity contribution in [2.75, 3.05) is 18.0 Å². The molecule has 7 nitrogen and oxygen atoms in total. The minimum Gasteiger partial charge on any atom is -0.393 e. The third-order valence-corrected chi connectivity index (χ3v) is 19.9. The van der Waals surface area contributed by atoms with Crippen molar-refractivity contribution in [1.82, 2.24) is 0 Å². The van der Waals surface area contributed by atoms with Crippen molar-refractivity contribution in [3.63, 3.8) is 0 Å². The number of carbonyl (C=O) groups excluding carboxylic acids is 3. The lowest BCUT2D eigenvalue weighted by molar-refractivity contribution is -0.438. The smallest absolute Gasteiger partial charge is 0.209 e. The highest BCUT2D eigenvalue weighted by Crippen LogP contribution is 2.50. The van der Waals surface area contributed by atoms with Crippen LogP contribution in [0.2, 0.25) is 0 Å². The van der Waals surface area contributed by atoms with Crippen LogP contribution < -0.4 is 4.90 Å². The SMILES string of the molecule is CCCCC[N+]1=C(/C=C/C2=C(Cl)C(=C/C=C3/N(CCCCCC(=O)CCCCCC(=O)C[C@H](O)C[C@H](O)CC[C@@H]4[C@@H]5C(=C[C@H](C)C[C@@H]5CC(=O)C(C)(C)CC)C=C[C@@H]4C)c4ccccc4C3(C)C)/CCC2)C(C)(C)c2ccccc21. The van der Waals surface area contributed by atoms with E-state index in [-0.39, 0.29) is 34.9 Å². The standard InChI is InChI=1S/C72H102ClN2O5/c1-11-13-23-43-74-63-33-21-19-31-61(63)71(7,8)65(74)41-37-52-26-25-27-53(69(52)73)38-42-66-72(9,10)62-32-20-22-34-64(62)75(66)44-24-15-18-29-56(76)28-16-14-17-30-57(77)48-59(79)49-58(78)39-40-60-51(4)35-36-54-45-50(3)46-55(68(54)60)47-67(80)70(5,6)12-2/h19-22,31-38,41-42,45,50-51,55,58-60,68,78-79H,11-18,23-30,39-40,43-44,46-49H2,1-10H3/q+1/t50-,51-,55+,58+,59-,60-,68+/m0/s1. The predicted octanol–water partition coefficient (Wildman–Crippen LogP) is 17.4. The van der Waals surface area contributed by atoms with Crippen LogP contribution in [0.4, 0.5) is 11.4 Å². The van der Waals surface area contributed by atoms with E-state index in [1.165, 1.54) is 69.9 Å². The summed E-state index contributed by atoms with van der Waals surface area (Å²) in [7, 11) is 0. The highest BCUT2D eigenvalue weighted by molar-refractivity contribution is 6.32. The highest BCUT2D eigenvalue weighted by Gasteiger charge is 2.45. The van der Waals surface area contributed by atoms with Crippen LogP contribution in [-0.2, 0) is 25.2 Å². The number of para-hydroxylation sites is 2. The molecule has 0 bridgehead atoms. The van der Waals surface area contributed by atoms with Gasteiger partial charge in [-0.3, -0.25) is 14.4 Å². The average Bonchev–Trinajstić information content (AvgIpc) is 3.77. The molecule has 2 N–H and O–H groups in total. The van der Waals surface area contributed by atoms with E-state index in [2.05, 4.69) is 170 Å². The minimum absolute atomic E-state index is 0.0144. The van der Waals surface area contributed by atoms with Crippen LogP contribution in [0.15, 0.2) is 119 Å². The van der Waals surface area contributed by atoms with E-state index in [1.54, 1.807) is 0 Å². The molecule has 7 atom stereocenters. The Balaban J connectivity index is 0.831. The Morgan fingerprint density at radius 1 is 0.812 bits per heavy atom. The third-order valence-electron chi connectivity index (χ3n) is 19.4. The number of ketones is 3. The van der Waals surface area contributed by atoms with E-state index in [0.29, 0.717) is 79.7 Å². The van der Waals surface area contributed by atoms with Crippen molar-refractivity contribution in [3.8, 4) is 0 Å². The summed E-state index contributed by atoms with van der Waals surface area (Å²) in [4.78, 5) is 41.8. The Kier molecular flexibility index (Phi) is 22.7. The number of unbranched alkanes of at least 4 members (excludes halogenated alkanes) is 6. The molecule has 0 spiro atoms. The van der Waals surface area contributed by atoms with Crippen LogP contribution in [0, 0.1) is 35.0 Å². The molecule has 436 valence electrons. The van der Waals surface area contributed by atoms with Crippen LogP contribution in [0.5, 0.6) is 0 Å². The van der Waals surface area contributed by atoms with Crippen molar-refractivity contribution in [1.29, 1.82) is 0 Å². The molecule has 2 heterocycles. The number of aliphatic hydroxyl groups is 2. The zero-order valence-electron chi connectivity index (χ0n) is 51.1. The number of fused-ring (bicyclic) bond motifs is 3. The first-order valence-corrected chi connectivity index (χ1v) is 32.0. The Labute approximate surface area is 488 Å². The second-order valence-electron chi connectivity index (χ2n) is 26.6. The molecule has 0 amide bonds. The Hall–Kier alpha value is -4.43. The number of hydrogen-bond acceptors (Lipinski definition) is 6. The number of Topliss-reactive ketones (excluding diaryl/α,β-unsaturated/α-hetero) is 3. The van der Waals surface area contributed by atoms with Gasteiger partial charge in [0.05, 0.1) is 17.6 Å². The van der Waals surface area contributed by atoms with Crippen LogP contribution in [0.25, 0.3) is 0 Å². The first-order chi connectivity index (χ1) is 38.2. The van der Waals surface area contributed by atoms with E-state index >= 15 is 0 Å². The summed E-state index contributed by atoms with van der Waals surface area (Å²) in [6, 6.07) is 17.7. The Morgan fingerprint density at radius 3 is 2.23 bits per heavy atom. The number of rotatable bonds is 30. The molecular weight excluding hydrogens is 1010 g/mol. The molecule has 0 saturated heterocycles. The molecule has 0 saturated carbocycles. The fourth-order valence-corrected chi connectivity index (χ4v) is 14.4. The maximum atomic E-state index is 13.4. The monoisotopic (exact) mass is 1110 g/mol. The first kappa shape index (κ1) is 63.2. The topological polar surface area (TPSA) is 97.9 Å². The van der Waals surface area contributed by atoms with E-state index in [9.17, 15) is 24.6 Å². The van der Waals surface area contributed by atoms with Crippen LogP contribution in [0.3, 0.4) is 0 Å². The molecule has 2 aromatic rings. The Morgan fingerprint density at radius 2 is 1.50 bits per heavy atom. The van der Waals surface area contributed by atoms with Crippen molar-refractivity contribution >= 4 is 46.0 Å². The van der Waals surface area contributed by atoms with Gasteiger partial charge in [-0.1, -0.05) is 153 Å². The number of hydrogen-bond donors (Lipinski definition) is 2. The molecule has 8 heteroatoms. The fourth-order valence-electron chi connectivity index (χ4n) is 14.1. The van der Waals surface area contributed by atoms with Crippen molar-refractivity contribution in [2.24, 2.45) is 35.0 Å². The number of allylic oxidation sites excluding steroid dienone is 12. The summed E-state index contributed by atoms with van der Waals surface area (Å²) in [5.74, 6) is 2.34. The number of nitrogens with zero attached hydrogens (tertiary/aromatic N) is 2. The maximum absolute atomic E-state index is 13.4. The van der Waals surface area contributed by atoms with Gasteiger partial charge in [0.15, 0.2) is 5.71 Å². The van der Waals surface area contributed by atoms with E-state index in [4.69, 9.17) is 11.6 Å². The lowest BCUT2D eigenvalue weighted by atomic mass is 9.60. The molecule has 0 unspecified atom stereocenters. The van der Waals surface area contributed by atoms with Gasteiger partial charge in [0.1, 0.15) is 23.9 Å². The van der Waals surface area contributed by atoms with E-state index in [0.717, 1.165) is 88.8 Å². The lowest BCUT2D eigenvalue weighted by Crippen LogP contribution is -2.38. The van der Waals surface area contributed by atoms with Crippen molar-refractivity contribution in [2.45, 2.75) is 234 Å². The van der Waals surface area contributed by atoms with Gasteiger partial charge in [-0.05, 0) is 161 Å². The lowest BCUT2D eigenvalue weighted by Gasteiger charge is -2.44. The number of carbonyl (C=O) groups is 3. The number of halogens is 1.